The lowest BCUT2D eigenvalue weighted by molar-refractivity contribution is 1.19. The summed E-state index contributed by atoms with van der Waals surface area (Å²) in [4.78, 5) is 8.28. The maximum Gasteiger partial charge on any atom is 0.222 e. The number of nitrogen functional groups attached to an aromatic ring is 1. The Hall–Kier alpha value is -1.36. The number of nitrogens with one attached hydrogen (secondary N) is 1. The van der Waals surface area contributed by atoms with Gasteiger partial charge in [0.25, 0.3) is 0 Å². The summed E-state index contributed by atoms with van der Waals surface area (Å²) in [6, 6.07) is 5.79. The fourth-order valence-electron chi connectivity index (χ4n) is 1.37. The van der Waals surface area contributed by atoms with Gasteiger partial charge in [0.2, 0.25) is 5.95 Å². The van der Waals surface area contributed by atoms with Gasteiger partial charge in [-0.3, -0.25) is 0 Å². The zero-order valence-corrected chi connectivity index (χ0v) is 9.58. The van der Waals surface area contributed by atoms with E-state index in [1.165, 1.54) is 0 Å². The van der Waals surface area contributed by atoms with Crippen LogP contribution in [-0.4, -0.2) is 16.5 Å². The van der Waals surface area contributed by atoms with Crippen molar-refractivity contribution in [2.24, 2.45) is 0 Å². The molecule has 0 saturated carbocycles. The number of nitrogens with two attached hydrogens (primary N) is 1. The van der Waals surface area contributed by atoms with E-state index in [9.17, 15) is 0 Å². The lowest BCUT2D eigenvalue weighted by Crippen LogP contribution is -2.04. The van der Waals surface area contributed by atoms with E-state index in [0.29, 0.717) is 6.54 Å². The number of halogens is 1. The molecular formula is C10H10BrN4. The number of anilines is 2. The fraction of sp³-hybridized carbons (Fsp3) is 0.100. The van der Waals surface area contributed by atoms with Crippen molar-refractivity contribution in [1.82, 2.24) is 9.97 Å². The number of hydrogen-bond donors (Lipinski definition) is 2. The van der Waals surface area contributed by atoms with E-state index < -0.39 is 0 Å². The first-order chi connectivity index (χ1) is 7.20. The van der Waals surface area contributed by atoms with E-state index in [1.807, 2.05) is 18.2 Å². The number of fused-ring (bicyclic) bond motifs is 1. The van der Waals surface area contributed by atoms with Crippen LogP contribution in [0.25, 0.3) is 10.9 Å². The molecule has 0 aliphatic heterocycles. The molecule has 2 rings (SSSR count). The van der Waals surface area contributed by atoms with Crippen LogP contribution in [0.5, 0.6) is 0 Å². The molecule has 15 heavy (non-hydrogen) atoms. The monoisotopic (exact) mass is 265 g/mol. The largest absolute Gasteiger partial charge is 0.369 e. The topological polar surface area (TPSA) is 63.8 Å². The van der Waals surface area contributed by atoms with Gasteiger partial charge in [-0.05, 0) is 25.1 Å². The zero-order chi connectivity index (χ0) is 10.8. The normalized spacial score (nSPS) is 10.5. The number of benzene rings is 1. The van der Waals surface area contributed by atoms with E-state index in [-0.39, 0.29) is 5.95 Å². The minimum absolute atomic E-state index is 0.261. The van der Waals surface area contributed by atoms with E-state index in [2.05, 4.69) is 38.1 Å². The molecule has 1 aromatic carbocycles. The molecule has 77 valence electrons. The van der Waals surface area contributed by atoms with E-state index in [1.54, 1.807) is 0 Å². The molecule has 0 saturated heterocycles. The summed E-state index contributed by atoms with van der Waals surface area (Å²) in [6.07, 6.45) is 0. The first-order valence-electron chi connectivity index (χ1n) is 4.46. The Labute approximate surface area is 96.0 Å². The van der Waals surface area contributed by atoms with Crippen LogP contribution in [0.1, 0.15) is 0 Å². The predicted octanol–water partition coefficient (Wildman–Crippen LogP) is 2.22. The molecule has 0 aliphatic rings. The van der Waals surface area contributed by atoms with Gasteiger partial charge >= 0.3 is 0 Å². The summed E-state index contributed by atoms with van der Waals surface area (Å²) >= 11 is 3.39. The van der Waals surface area contributed by atoms with Gasteiger partial charge in [0.15, 0.2) is 0 Å². The molecule has 0 aliphatic carbocycles. The lowest BCUT2D eigenvalue weighted by atomic mass is 10.2. The standard InChI is InChI=1S/C10H10BrN4/c1-2-13-9-7-4-3-6(11)5-8(7)14-10(12)15-9/h3-5H,1-2H2,(H3,12,13,14,15). The van der Waals surface area contributed by atoms with Crippen molar-refractivity contribution in [3.8, 4) is 0 Å². The Morgan fingerprint density at radius 1 is 1.40 bits per heavy atom. The number of nitrogens with zero attached hydrogens (tertiary/aromatic N) is 2. The van der Waals surface area contributed by atoms with Crippen LogP contribution in [-0.2, 0) is 0 Å². The number of rotatable bonds is 2. The fourth-order valence-corrected chi connectivity index (χ4v) is 1.72. The van der Waals surface area contributed by atoms with E-state index in [4.69, 9.17) is 5.73 Å². The third-order valence-corrected chi connectivity index (χ3v) is 2.46. The molecule has 0 fully saturated rings. The Bertz CT molecular complexity index is 493. The van der Waals surface area contributed by atoms with Gasteiger partial charge in [0, 0.05) is 16.4 Å². The molecule has 4 nitrogen and oxygen atoms in total. The minimum Gasteiger partial charge on any atom is -0.369 e. The molecule has 0 unspecified atom stereocenters. The van der Waals surface area contributed by atoms with Crippen LogP contribution in [0.3, 0.4) is 0 Å². The quantitative estimate of drug-likeness (QED) is 0.874. The average Bonchev–Trinajstić information content (AvgIpc) is 2.17. The SMILES string of the molecule is [CH2]CNc1nc(N)nc2cc(Br)ccc12. The molecule has 0 atom stereocenters. The third kappa shape index (κ3) is 2.02. The molecule has 0 bridgehead atoms. The van der Waals surface area contributed by atoms with Gasteiger partial charge in [0.05, 0.1) is 5.52 Å². The maximum absolute atomic E-state index is 5.61. The van der Waals surface area contributed by atoms with Gasteiger partial charge in [-0.2, -0.15) is 4.98 Å². The summed E-state index contributed by atoms with van der Waals surface area (Å²) in [5.41, 5.74) is 6.42. The highest BCUT2D eigenvalue weighted by Crippen LogP contribution is 2.24. The summed E-state index contributed by atoms with van der Waals surface area (Å²) in [7, 11) is 0. The van der Waals surface area contributed by atoms with E-state index >= 15 is 0 Å². The number of aromatic nitrogens is 2. The Balaban J connectivity index is 2.68. The van der Waals surface area contributed by atoms with E-state index in [0.717, 1.165) is 21.2 Å². The molecule has 1 heterocycles. The van der Waals surface area contributed by atoms with Crippen LogP contribution in [0, 0.1) is 6.92 Å². The second-order valence-corrected chi connectivity index (χ2v) is 3.93. The van der Waals surface area contributed by atoms with Crippen molar-refractivity contribution in [2.45, 2.75) is 0 Å². The smallest absolute Gasteiger partial charge is 0.222 e. The lowest BCUT2D eigenvalue weighted by Gasteiger charge is -2.07. The Morgan fingerprint density at radius 3 is 2.93 bits per heavy atom. The van der Waals surface area contributed by atoms with Gasteiger partial charge < -0.3 is 11.1 Å². The molecular weight excluding hydrogens is 256 g/mol. The van der Waals surface area contributed by atoms with Crippen molar-refractivity contribution in [3.05, 3.63) is 29.6 Å². The highest BCUT2D eigenvalue weighted by molar-refractivity contribution is 9.10. The summed E-state index contributed by atoms with van der Waals surface area (Å²) < 4.78 is 0.966. The molecule has 0 amide bonds. The first kappa shape index (κ1) is 10.2. The molecule has 5 heteroatoms. The molecule has 2 aromatic rings. The van der Waals surface area contributed by atoms with Crippen molar-refractivity contribution >= 4 is 38.6 Å². The number of hydrogen-bond acceptors (Lipinski definition) is 4. The second-order valence-electron chi connectivity index (χ2n) is 3.02. The van der Waals surface area contributed by atoms with Gasteiger partial charge in [0.1, 0.15) is 5.82 Å². The van der Waals surface area contributed by atoms with Gasteiger partial charge in [-0.15, -0.1) is 0 Å². The van der Waals surface area contributed by atoms with Crippen LogP contribution >= 0.6 is 15.9 Å². The maximum atomic E-state index is 5.61. The highest BCUT2D eigenvalue weighted by atomic mass is 79.9. The van der Waals surface area contributed by atoms with Crippen LogP contribution in [0.2, 0.25) is 0 Å². The minimum atomic E-state index is 0.261. The Kier molecular flexibility index (Phi) is 2.73. The summed E-state index contributed by atoms with van der Waals surface area (Å²) in [5.74, 6) is 0.983. The molecule has 0 spiro atoms. The summed E-state index contributed by atoms with van der Waals surface area (Å²) in [5, 5.41) is 3.99. The van der Waals surface area contributed by atoms with Gasteiger partial charge in [-0.25, -0.2) is 4.98 Å². The van der Waals surface area contributed by atoms with Crippen LogP contribution in [0.4, 0.5) is 11.8 Å². The van der Waals surface area contributed by atoms with Crippen molar-refractivity contribution in [1.29, 1.82) is 0 Å². The van der Waals surface area contributed by atoms with Crippen LogP contribution in [0.15, 0.2) is 22.7 Å². The molecule has 1 aromatic heterocycles. The first-order valence-corrected chi connectivity index (χ1v) is 5.26. The summed E-state index contributed by atoms with van der Waals surface area (Å²) in [6.45, 7) is 4.27. The third-order valence-electron chi connectivity index (χ3n) is 1.97. The molecule has 3 N–H and O–H groups in total. The highest BCUT2D eigenvalue weighted by Gasteiger charge is 2.05. The van der Waals surface area contributed by atoms with Gasteiger partial charge in [-0.1, -0.05) is 15.9 Å². The average molecular weight is 266 g/mol. The van der Waals surface area contributed by atoms with Crippen molar-refractivity contribution in [2.75, 3.05) is 17.6 Å². The molecule has 1 radical (unpaired) electrons. The Morgan fingerprint density at radius 2 is 2.20 bits per heavy atom. The predicted molar refractivity (Wildman–Crippen MR) is 65.5 cm³/mol. The zero-order valence-electron chi connectivity index (χ0n) is 8.00. The van der Waals surface area contributed by atoms with Crippen molar-refractivity contribution < 1.29 is 0 Å². The van der Waals surface area contributed by atoms with Crippen molar-refractivity contribution in [3.63, 3.8) is 0 Å². The van der Waals surface area contributed by atoms with Crippen LogP contribution < -0.4 is 11.1 Å². The second kappa shape index (κ2) is 4.02.